The minimum Gasteiger partial charge on any atom is -0.462 e. The second-order valence-electron chi connectivity index (χ2n) is 18.2. The predicted octanol–water partition coefficient (Wildman–Crippen LogP) is 15.1. The van der Waals surface area contributed by atoms with E-state index in [-0.39, 0.29) is 35.8 Å². The summed E-state index contributed by atoms with van der Waals surface area (Å²) in [6, 6.07) is 19.4. The van der Waals surface area contributed by atoms with Gasteiger partial charge in [0.05, 0.1) is 73.0 Å². The number of unbranched alkanes of at least 4 members (excludes halogenated alkanes) is 6. The highest BCUT2D eigenvalue weighted by atomic mass is 16.6. The van der Waals surface area contributed by atoms with Gasteiger partial charge in [-0.05, 0) is 129 Å². The Morgan fingerprint density at radius 3 is 0.639 bits per heavy atom. The highest BCUT2D eigenvalue weighted by Gasteiger charge is 2.17. The number of rotatable bonds is 33. The molecule has 12 heteroatoms. The largest absolute Gasteiger partial charge is 0.462 e. The second-order valence-corrected chi connectivity index (χ2v) is 18.2. The molecule has 0 aliphatic carbocycles. The maximum atomic E-state index is 12.2. The molecule has 0 heterocycles. The van der Waals surface area contributed by atoms with Crippen LogP contribution in [0.2, 0.25) is 0 Å². The molecule has 402 valence electrons. The summed E-state index contributed by atoms with van der Waals surface area (Å²) in [6.07, 6.45) is 18.7. The van der Waals surface area contributed by atoms with E-state index in [4.69, 9.17) is 28.4 Å². The fourth-order valence-electron chi connectivity index (χ4n) is 6.93. The lowest BCUT2D eigenvalue weighted by atomic mass is 10.0. The van der Waals surface area contributed by atoms with Crippen LogP contribution >= 0.6 is 0 Å². The predicted molar refractivity (Wildman–Crippen MR) is 286 cm³/mol. The van der Waals surface area contributed by atoms with Crippen molar-refractivity contribution >= 4 is 35.8 Å². The molecule has 3 aromatic rings. The Hall–Kier alpha value is -5.52. The molecule has 72 heavy (non-hydrogen) atoms. The number of hydrogen-bond acceptors (Lipinski definition) is 12. The number of hydrogen-bond donors (Lipinski definition) is 0. The van der Waals surface area contributed by atoms with Crippen LogP contribution in [0.1, 0.15) is 240 Å². The van der Waals surface area contributed by atoms with Gasteiger partial charge in [0.15, 0.2) is 0 Å². The minimum absolute atomic E-state index is 0.333. The van der Waals surface area contributed by atoms with Crippen molar-refractivity contribution in [1.82, 2.24) is 0 Å². The Labute approximate surface area is 433 Å². The molecule has 0 aromatic heterocycles. The van der Waals surface area contributed by atoms with Crippen LogP contribution in [0.3, 0.4) is 0 Å². The van der Waals surface area contributed by atoms with Crippen LogP contribution < -0.4 is 0 Å². The van der Waals surface area contributed by atoms with Gasteiger partial charge in [-0.25, -0.2) is 28.8 Å². The summed E-state index contributed by atoms with van der Waals surface area (Å²) in [4.78, 5) is 71.7. The van der Waals surface area contributed by atoms with Crippen molar-refractivity contribution in [3.05, 3.63) is 106 Å². The van der Waals surface area contributed by atoms with Crippen molar-refractivity contribution < 1.29 is 57.2 Å². The average Bonchev–Trinajstić information content (AvgIpc) is 3.41. The van der Waals surface area contributed by atoms with Crippen molar-refractivity contribution in [2.75, 3.05) is 39.6 Å². The van der Waals surface area contributed by atoms with Crippen LogP contribution in [0.25, 0.3) is 0 Å². The van der Waals surface area contributed by atoms with E-state index in [1.807, 2.05) is 20.8 Å². The molecule has 0 N–H and O–H groups in total. The van der Waals surface area contributed by atoms with E-state index in [0.29, 0.717) is 90.8 Å². The van der Waals surface area contributed by atoms with Crippen LogP contribution in [0.5, 0.6) is 0 Å². The van der Waals surface area contributed by atoms with Gasteiger partial charge < -0.3 is 28.4 Å². The van der Waals surface area contributed by atoms with E-state index in [0.717, 1.165) is 116 Å². The van der Waals surface area contributed by atoms with Crippen molar-refractivity contribution in [3.63, 3.8) is 0 Å². The number of carbonyl (C=O) groups excluding carboxylic acids is 6. The Kier molecular flexibility index (Phi) is 36.7. The van der Waals surface area contributed by atoms with Crippen LogP contribution in [0.15, 0.2) is 72.8 Å². The zero-order valence-corrected chi connectivity index (χ0v) is 45.5. The first-order valence-electron chi connectivity index (χ1n) is 27.2. The molecule has 0 bridgehead atoms. The van der Waals surface area contributed by atoms with E-state index in [9.17, 15) is 28.8 Å². The number of carbonyl (C=O) groups is 6. The molecule has 0 fully saturated rings. The maximum Gasteiger partial charge on any atom is 0.338 e. The topological polar surface area (TPSA) is 158 Å². The third-order valence-electron chi connectivity index (χ3n) is 12.2. The fraction of sp³-hybridized carbons (Fsp3) is 0.600. The van der Waals surface area contributed by atoms with Crippen molar-refractivity contribution in [2.45, 2.75) is 178 Å². The van der Waals surface area contributed by atoms with Gasteiger partial charge >= 0.3 is 35.8 Å². The summed E-state index contributed by atoms with van der Waals surface area (Å²) < 4.78 is 31.6. The standard InChI is InChI=1S/C24H38O4.C20H30O4.C16H22O4/c1-5-9-11-19(7-3)17-27-23(25)21-13-15-22(16-14-21)24(26)28-18-20(8-4)12-10-6-2;1-4-7-9-16(6-3)15-24-20(22)18-12-10-17(11-13-18)19(21)23-14-8-5-2;1-3-5-11-19-15(17)13-7-9-14(10-8-13)16(18)20-12-6-4-2/h13-16,19-20H,5-12,17-18H2,1-4H3;10-13,16H,4-9,14-15H2,1-3H3;7-10H,3-6,11-12H2,1-2H3. The molecule has 0 spiro atoms. The van der Waals surface area contributed by atoms with Gasteiger partial charge in [-0.2, -0.15) is 0 Å². The lowest BCUT2D eigenvalue weighted by Gasteiger charge is -2.15. The summed E-state index contributed by atoms with van der Waals surface area (Å²) in [5.41, 5.74) is 2.76. The van der Waals surface area contributed by atoms with Crippen molar-refractivity contribution in [2.24, 2.45) is 17.8 Å². The lowest BCUT2D eigenvalue weighted by Crippen LogP contribution is -2.15. The van der Waals surface area contributed by atoms with Gasteiger partial charge in [0.2, 0.25) is 0 Å². The fourth-order valence-corrected chi connectivity index (χ4v) is 6.93. The quantitative estimate of drug-likeness (QED) is 0.0323. The Bertz CT molecular complexity index is 1830. The monoisotopic (exact) mass is 1000 g/mol. The normalized spacial score (nSPS) is 11.8. The highest BCUT2D eigenvalue weighted by molar-refractivity contribution is 5.95. The summed E-state index contributed by atoms with van der Waals surface area (Å²) in [5, 5.41) is 0. The zero-order chi connectivity index (χ0) is 53.4. The molecular weight excluding hydrogens is 913 g/mol. The third kappa shape index (κ3) is 27.9. The van der Waals surface area contributed by atoms with E-state index in [1.54, 1.807) is 72.8 Å². The zero-order valence-electron chi connectivity index (χ0n) is 45.5. The van der Waals surface area contributed by atoms with Gasteiger partial charge in [0, 0.05) is 0 Å². The molecule has 3 atom stereocenters. The van der Waals surface area contributed by atoms with Gasteiger partial charge in [-0.15, -0.1) is 0 Å². The van der Waals surface area contributed by atoms with E-state index in [2.05, 4.69) is 41.5 Å². The van der Waals surface area contributed by atoms with Crippen molar-refractivity contribution in [3.8, 4) is 0 Å². The second kappa shape index (κ2) is 41.0. The SMILES string of the molecule is CCCCC(CC)COC(=O)c1ccc(C(=O)OCC(CC)CCCC)cc1.CCCCOC(=O)c1ccc(C(=O)OCC(CC)CCCC)cc1.CCCCOC(=O)c1ccc(C(=O)OCCCC)cc1. The Balaban J connectivity index is 0.000000548. The summed E-state index contributed by atoms with van der Waals surface area (Å²) >= 11 is 0. The molecule has 0 aliphatic heterocycles. The first-order valence-corrected chi connectivity index (χ1v) is 27.2. The van der Waals surface area contributed by atoms with Crippen LogP contribution in [-0.2, 0) is 28.4 Å². The van der Waals surface area contributed by atoms with Gasteiger partial charge in [0.1, 0.15) is 0 Å². The molecule has 0 radical (unpaired) electrons. The number of esters is 6. The highest BCUT2D eigenvalue weighted by Crippen LogP contribution is 2.18. The number of benzene rings is 3. The first kappa shape index (κ1) is 64.5. The maximum absolute atomic E-state index is 12.2. The molecule has 0 saturated carbocycles. The van der Waals surface area contributed by atoms with Crippen LogP contribution in [0.4, 0.5) is 0 Å². The minimum atomic E-state index is -0.357. The molecule has 0 saturated heterocycles. The Morgan fingerprint density at radius 2 is 0.472 bits per heavy atom. The van der Waals surface area contributed by atoms with Gasteiger partial charge in [0.25, 0.3) is 0 Å². The van der Waals surface area contributed by atoms with E-state index in [1.165, 1.54) is 0 Å². The average molecular weight is 1000 g/mol. The first-order chi connectivity index (χ1) is 34.9. The van der Waals surface area contributed by atoms with E-state index >= 15 is 0 Å². The molecule has 3 unspecified atom stereocenters. The molecule has 12 nitrogen and oxygen atoms in total. The summed E-state index contributed by atoms with van der Waals surface area (Å²) in [5.74, 6) is -0.823. The molecular formula is C60H90O12. The van der Waals surface area contributed by atoms with E-state index < -0.39 is 0 Å². The Morgan fingerprint density at radius 1 is 0.292 bits per heavy atom. The van der Waals surface area contributed by atoms with Gasteiger partial charge in [-0.1, -0.05) is 139 Å². The molecule has 0 aliphatic rings. The summed E-state index contributed by atoms with van der Waals surface area (Å²) in [6.45, 7) is 21.6. The molecule has 3 aromatic carbocycles. The summed E-state index contributed by atoms with van der Waals surface area (Å²) in [7, 11) is 0. The van der Waals surface area contributed by atoms with Gasteiger partial charge in [-0.3, -0.25) is 0 Å². The lowest BCUT2D eigenvalue weighted by molar-refractivity contribution is 0.0414. The molecule has 3 rings (SSSR count). The van der Waals surface area contributed by atoms with Crippen molar-refractivity contribution in [1.29, 1.82) is 0 Å². The molecule has 0 amide bonds. The third-order valence-corrected chi connectivity index (χ3v) is 12.2. The smallest absolute Gasteiger partial charge is 0.338 e. The number of ether oxygens (including phenoxy) is 6. The van der Waals surface area contributed by atoms with Crippen LogP contribution in [-0.4, -0.2) is 75.5 Å². The van der Waals surface area contributed by atoms with Crippen LogP contribution in [0, 0.1) is 17.8 Å².